The minimum atomic E-state index is -5.00. The summed E-state index contributed by atoms with van der Waals surface area (Å²) >= 11 is 0. The summed E-state index contributed by atoms with van der Waals surface area (Å²) in [5.41, 5.74) is -1.07. The van der Waals surface area contributed by atoms with E-state index in [4.69, 9.17) is 0 Å². The van der Waals surface area contributed by atoms with Crippen molar-refractivity contribution in [3.8, 4) is 11.4 Å². The third-order valence-electron chi connectivity index (χ3n) is 6.21. The predicted molar refractivity (Wildman–Crippen MR) is 111 cm³/mol. The molecule has 1 saturated heterocycles. The van der Waals surface area contributed by atoms with E-state index in [0.29, 0.717) is 25.1 Å². The third kappa shape index (κ3) is 5.65. The lowest BCUT2D eigenvalue weighted by molar-refractivity contribution is -0.143. The van der Waals surface area contributed by atoms with Crippen molar-refractivity contribution >= 4 is 18.0 Å². The van der Waals surface area contributed by atoms with E-state index in [1.54, 1.807) is 0 Å². The Labute approximate surface area is 195 Å². The first-order chi connectivity index (χ1) is 16.3. The smallest absolute Gasteiger partial charge is 0.273 e. The van der Waals surface area contributed by atoms with Crippen LogP contribution in [-0.4, -0.2) is 38.1 Å². The van der Waals surface area contributed by atoms with Crippen LogP contribution < -0.4 is 5.43 Å². The molecule has 2 heterocycles. The van der Waals surface area contributed by atoms with Crippen LogP contribution in [-0.2, 0) is 21.9 Å². The molecule has 1 aromatic carbocycles. The number of alkyl halides is 6. The number of nitrogens with zero attached hydrogens (tertiary/aromatic N) is 4. The molecule has 1 aromatic heterocycles. The van der Waals surface area contributed by atoms with Crippen LogP contribution in [0.4, 0.5) is 26.3 Å². The lowest BCUT2D eigenvalue weighted by Gasteiger charge is -2.32. The van der Waals surface area contributed by atoms with Gasteiger partial charge in [0.1, 0.15) is 6.33 Å². The Bertz CT molecular complexity index is 1120. The molecule has 0 bridgehead atoms. The molecule has 4 rings (SSSR count). The van der Waals surface area contributed by atoms with E-state index in [2.05, 4.69) is 15.5 Å². The number of hydrogen-bond donors (Lipinski definition) is 1. The van der Waals surface area contributed by atoms with Gasteiger partial charge in [0.05, 0.1) is 11.1 Å². The molecule has 2 fully saturated rings. The second-order valence-electron chi connectivity index (χ2n) is 8.85. The summed E-state index contributed by atoms with van der Waals surface area (Å²) in [7, 11) is 0. The number of halogens is 6. The van der Waals surface area contributed by atoms with Crippen molar-refractivity contribution < 1.29 is 35.9 Å². The molecule has 2 amide bonds. The molecule has 188 valence electrons. The number of aromatic nitrogens is 3. The Morgan fingerprint density at radius 1 is 1.00 bits per heavy atom. The quantitative estimate of drug-likeness (QED) is 0.488. The summed E-state index contributed by atoms with van der Waals surface area (Å²) in [4.78, 5) is 28.3. The summed E-state index contributed by atoms with van der Waals surface area (Å²) in [6.07, 6.45) is -1.37. The van der Waals surface area contributed by atoms with Gasteiger partial charge in [0.15, 0.2) is 5.82 Å². The largest absolute Gasteiger partial charge is 0.416 e. The van der Waals surface area contributed by atoms with Crippen LogP contribution in [0, 0.1) is 5.41 Å². The maximum absolute atomic E-state index is 13.1. The van der Waals surface area contributed by atoms with Crippen LogP contribution in [0.15, 0.2) is 30.6 Å². The fourth-order valence-electron chi connectivity index (χ4n) is 4.51. The summed E-state index contributed by atoms with van der Waals surface area (Å²) in [5, 5.41) is 5.12. The molecule has 1 saturated carbocycles. The summed E-state index contributed by atoms with van der Waals surface area (Å²) in [5.74, 6) is -1.20. The number of amides is 2. The molecule has 1 aliphatic carbocycles. The normalized spacial score (nSPS) is 18.6. The van der Waals surface area contributed by atoms with Crippen LogP contribution in [0.1, 0.15) is 49.7 Å². The number of hydrogen-bond acceptors (Lipinski definition) is 4. The van der Waals surface area contributed by atoms with Crippen molar-refractivity contribution in [2.75, 3.05) is 6.54 Å². The Balaban J connectivity index is 1.46. The van der Waals surface area contributed by atoms with Crippen LogP contribution in [0.25, 0.3) is 17.6 Å². The molecule has 7 nitrogen and oxygen atoms in total. The Hall–Kier alpha value is -3.38. The van der Waals surface area contributed by atoms with Gasteiger partial charge in [-0.05, 0) is 36.5 Å². The Kier molecular flexibility index (Phi) is 6.36. The number of nitrogens with one attached hydrogen (secondary N) is 1. The van der Waals surface area contributed by atoms with Crippen LogP contribution >= 0.6 is 0 Å². The Morgan fingerprint density at radius 2 is 1.63 bits per heavy atom. The SMILES string of the molecule is O=C(/C=C\n1cnc(-c2cc(C(F)(F)F)cc(C(F)(F)F)c2)n1)NN1CC2(CCCCC2)CC1=O. The standard InChI is InChI=1S/C22H21F6N5O2/c23-21(24,25)15-8-14(9-16(10-15)22(26,27)28)19-29-13-32(31-19)7-4-17(34)30-33-12-20(11-18(33)35)5-2-1-3-6-20/h4,7-10,13H,1-3,5-6,11-12H2,(H,30,34)/b7-4-. The lowest BCUT2D eigenvalue weighted by Crippen LogP contribution is -2.43. The number of carbonyl (C=O) groups excluding carboxylic acids is 2. The van der Waals surface area contributed by atoms with Gasteiger partial charge in [-0.25, -0.2) is 9.67 Å². The highest BCUT2D eigenvalue weighted by atomic mass is 19.4. The first kappa shape index (κ1) is 24.7. The first-order valence-electron chi connectivity index (χ1n) is 10.8. The average Bonchev–Trinajstić information content (AvgIpc) is 3.36. The van der Waals surface area contributed by atoms with Crippen LogP contribution in [0.5, 0.6) is 0 Å². The van der Waals surface area contributed by atoms with E-state index in [1.165, 1.54) is 5.01 Å². The van der Waals surface area contributed by atoms with Crippen LogP contribution in [0.3, 0.4) is 0 Å². The van der Waals surface area contributed by atoms with E-state index in [-0.39, 0.29) is 23.2 Å². The summed E-state index contributed by atoms with van der Waals surface area (Å²) < 4.78 is 79.5. The zero-order valence-corrected chi connectivity index (χ0v) is 18.3. The number of benzene rings is 1. The van der Waals surface area contributed by atoms with E-state index in [0.717, 1.165) is 55.4 Å². The zero-order valence-electron chi connectivity index (χ0n) is 18.3. The first-order valence-corrected chi connectivity index (χ1v) is 10.8. The van der Waals surface area contributed by atoms with Crippen molar-refractivity contribution in [3.63, 3.8) is 0 Å². The van der Waals surface area contributed by atoms with Gasteiger partial charge in [0.2, 0.25) is 5.91 Å². The van der Waals surface area contributed by atoms with E-state index in [9.17, 15) is 35.9 Å². The molecule has 2 aromatic rings. The molecule has 1 N–H and O–H groups in total. The third-order valence-corrected chi connectivity index (χ3v) is 6.21. The molecule has 0 unspecified atom stereocenters. The second kappa shape index (κ2) is 9.00. The fourth-order valence-corrected chi connectivity index (χ4v) is 4.51. The van der Waals surface area contributed by atoms with E-state index < -0.39 is 35.0 Å². The second-order valence-corrected chi connectivity index (χ2v) is 8.85. The van der Waals surface area contributed by atoms with Crippen molar-refractivity contribution in [2.45, 2.75) is 50.9 Å². The number of hydrazine groups is 1. The molecular weight excluding hydrogens is 480 g/mol. The highest BCUT2D eigenvalue weighted by Crippen LogP contribution is 2.43. The highest BCUT2D eigenvalue weighted by molar-refractivity contribution is 5.92. The Morgan fingerprint density at radius 3 is 2.23 bits per heavy atom. The number of carbonyl (C=O) groups is 2. The molecular formula is C22H21F6N5O2. The average molecular weight is 501 g/mol. The van der Waals surface area contributed by atoms with Crippen LogP contribution in [0.2, 0.25) is 0 Å². The van der Waals surface area contributed by atoms with Gasteiger partial charge in [-0.2, -0.15) is 26.3 Å². The maximum atomic E-state index is 13.1. The van der Waals surface area contributed by atoms with E-state index in [1.807, 2.05) is 0 Å². The van der Waals surface area contributed by atoms with Gasteiger partial charge in [-0.1, -0.05) is 19.3 Å². The van der Waals surface area contributed by atoms with E-state index >= 15 is 0 Å². The lowest BCUT2D eigenvalue weighted by atomic mass is 9.73. The molecule has 1 spiro atoms. The van der Waals surface area contributed by atoms with Gasteiger partial charge < -0.3 is 0 Å². The van der Waals surface area contributed by atoms with Gasteiger partial charge in [0, 0.05) is 30.8 Å². The van der Waals surface area contributed by atoms with Crippen molar-refractivity contribution in [3.05, 3.63) is 41.7 Å². The molecule has 2 aliphatic rings. The van der Waals surface area contributed by atoms with Crippen molar-refractivity contribution in [1.29, 1.82) is 0 Å². The highest BCUT2D eigenvalue weighted by Gasteiger charge is 2.44. The maximum Gasteiger partial charge on any atom is 0.416 e. The zero-order chi connectivity index (χ0) is 25.4. The van der Waals surface area contributed by atoms with Crippen molar-refractivity contribution in [2.24, 2.45) is 5.41 Å². The molecule has 1 aliphatic heterocycles. The molecule has 13 heteroatoms. The topological polar surface area (TPSA) is 80.1 Å². The molecule has 0 radical (unpaired) electrons. The molecule has 35 heavy (non-hydrogen) atoms. The molecule has 0 atom stereocenters. The summed E-state index contributed by atoms with van der Waals surface area (Å²) in [6.45, 7) is 0.427. The van der Waals surface area contributed by atoms with Gasteiger partial charge in [-0.3, -0.25) is 20.0 Å². The minimum Gasteiger partial charge on any atom is -0.273 e. The van der Waals surface area contributed by atoms with Crippen molar-refractivity contribution in [1.82, 2.24) is 25.2 Å². The number of rotatable bonds is 4. The fraction of sp³-hybridized carbons (Fsp3) is 0.455. The predicted octanol–water partition coefficient (Wildman–Crippen LogP) is 4.67. The minimum absolute atomic E-state index is 0.0157. The van der Waals surface area contributed by atoms with Gasteiger partial charge in [-0.15, -0.1) is 5.10 Å². The van der Waals surface area contributed by atoms with Gasteiger partial charge >= 0.3 is 12.4 Å². The van der Waals surface area contributed by atoms with Gasteiger partial charge in [0.25, 0.3) is 5.91 Å². The summed E-state index contributed by atoms with van der Waals surface area (Å²) in [6, 6.07) is 1.05. The monoisotopic (exact) mass is 501 g/mol.